The number of halogens is 4. The van der Waals surface area contributed by atoms with Gasteiger partial charge < -0.3 is 14.6 Å². The highest BCUT2D eigenvalue weighted by Crippen LogP contribution is 2.39. The number of alkyl halides is 3. The van der Waals surface area contributed by atoms with Crippen LogP contribution in [0.2, 0.25) is 5.02 Å². The molecule has 0 aliphatic rings. The van der Waals surface area contributed by atoms with Crippen molar-refractivity contribution < 1.29 is 27.9 Å². The van der Waals surface area contributed by atoms with Gasteiger partial charge in [-0.2, -0.15) is 13.2 Å². The Balaban J connectivity index is 1.87. The van der Waals surface area contributed by atoms with Crippen molar-refractivity contribution in [3.05, 3.63) is 88.6 Å². The zero-order chi connectivity index (χ0) is 24.8. The number of carboxylic acid groups (broad SMARTS) is 1. The topological polar surface area (TPSA) is 62.5 Å². The van der Waals surface area contributed by atoms with Gasteiger partial charge in [0.25, 0.3) is 5.91 Å². The second kappa shape index (κ2) is 8.53. The lowest BCUT2D eigenvalue weighted by Crippen LogP contribution is -2.29. The Bertz CT molecular complexity index is 1430. The Kier molecular flexibility index (Phi) is 5.87. The first-order chi connectivity index (χ1) is 16.0. The van der Waals surface area contributed by atoms with Crippen molar-refractivity contribution >= 4 is 40.1 Å². The van der Waals surface area contributed by atoms with Crippen molar-refractivity contribution in [3.63, 3.8) is 0 Å². The van der Waals surface area contributed by atoms with Gasteiger partial charge in [-0.15, -0.1) is 0 Å². The monoisotopic (exact) mass is 486 g/mol. The van der Waals surface area contributed by atoms with Crippen LogP contribution in [0.1, 0.15) is 26.4 Å². The fourth-order valence-electron chi connectivity index (χ4n) is 4.00. The third-order valence-electron chi connectivity index (χ3n) is 5.68. The van der Waals surface area contributed by atoms with Crippen LogP contribution in [0.4, 0.5) is 18.9 Å². The van der Waals surface area contributed by atoms with Crippen molar-refractivity contribution in [1.29, 1.82) is 0 Å². The molecule has 4 rings (SSSR count). The van der Waals surface area contributed by atoms with E-state index < -0.39 is 29.2 Å². The first kappa shape index (κ1) is 23.4. The van der Waals surface area contributed by atoms with Crippen LogP contribution in [-0.4, -0.2) is 28.6 Å². The smallest absolute Gasteiger partial charge is 0.417 e. The third-order valence-corrected chi connectivity index (χ3v) is 6.07. The molecule has 0 saturated carbocycles. The van der Waals surface area contributed by atoms with E-state index in [1.54, 1.807) is 36.4 Å². The highest BCUT2D eigenvalue weighted by atomic mass is 35.5. The second-order valence-electron chi connectivity index (χ2n) is 7.68. The maximum Gasteiger partial charge on any atom is 0.417 e. The second-order valence-corrected chi connectivity index (χ2v) is 8.06. The Labute approximate surface area is 197 Å². The van der Waals surface area contributed by atoms with Gasteiger partial charge in [0.2, 0.25) is 0 Å². The first-order valence-electron chi connectivity index (χ1n) is 10.1. The molecule has 0 saturated heterocycles. The van der Waals surface area contributed by atoms with E-state index >= 15 is 0 Å². The number of rotatable bonds is 4. The van der Waals surface area contributed by atoms with Gasteiger partial charge in [0.05, 0.1) is 21.7 Å². The summed E-state index contributed by atoms with van der Waals surface area (Å²) in [4.78, 5) is 26.2. The number of carboxylic acids is 1. The quantitative estimate of drug-likeness (QED) is 0.358. The maximum atomic E-state index is 13.9. The van der Waals surface area contributed by atoms with Crippen LogP contribution < -0.4 is 4.90 Å². The van der Waals surface area contributed by atoms with Crippen LogP contribution in [-0.2, 0) is 13.2 Å². The Morgan fingerprint density at radius 3 is 2.29 bits per heavy atom. The SMILES string of the molecule is CN(C(=O)c1c(-c2ccccc2)cccc1C(F)(F)F)c1ccc2c(c1)c(Cl)c(C(=O)O)n2C. The van der Waals surface area contributed by atoms with Crippen molar-refractivity contribution in [3.8, 4) is 11.1 Å². The largest absolute Gasteiger partial charge is 0.477 e. The molecule has 0 bridgehead atoms. The predicted octanol–water partition coefficient (Wildman–Crippen LogP) is 6.49. The summed E-state index contributed by atoms with van der Waals surface area (Å²) in [6.07, 6.45) is -4.75. The number of carbonyl (C=O) groups excluding carboxylic acids is 1. The normalized spacial score (nSPS) is 11.6. The molecule has 174 valence electrons. The summed E-state index contributed by atoms with van der Waals surface area (Å²) in [6.45, 7) is 0. The van der Waals surface area contributed by atoms with Gasteiger partial charge in [-0.05, 0) is 35.4 Å². The Morgan fingerprint density at radius 2 is 1.68 bits per heavy atom. The van der Waals surface area contributed by atoms with Gasteiger partial charge in [-0.3, -0.25) is 4.79 Å². The van der Waals surface area contributed by atoms with Crippen LogP contribution >= 0.6 is 11.6 Å². The summed E-state index contributed by atoms with van der Waals surface area (Å²) in [5.41, 5.74) is -0.258. The zero-order valence-electron chi connectivity index (χ0n) is 18.0. The number of aromatic nitrogens is 1. The van der Waals surface area contributed by atoms with E-state index in [9.17, 15) is 27.9 Å². The molecule has 0 spiro atoms. The Morgan fingerprint density at radius 1 is 1.00 bits per heavy atom. The molecular formula is C25H18ClF3N2O3. The number of nitrogens with zero attached hydrogens (tertiary/aromatic N) is 2. The zero-order valence-corrected chi connectivity index (χ0v) is 18.8. The minimum absolute atomic E-state index is 0.0200. The van der Waals surface area contributed by atoms with Gasteiger partial charge in [0.15, 0.2) is 0 Å². The summed E-state index contributed by atoms with van der Waals surface area (Å²) >= 11 is 6.27. The molecule has 1 aromatic heterocycles. The summed E-state index contributed by atoms with van der Waals surface area (Å²) < 4.78 is 43.1. The number of aromatic carboxylic acids is 1. The van der Waals surface area contributed by atoms with Gasteiger partial charge >= 0.3 is 12.1 Å². The number of hydrogen-bond donors (Lipinski definition) is 1. The van der Waals surface area contributed by atoms with Crippen LogP contribution in [0.3, 0.4) is 0 Å². The van der Waals surface area contributed by atoms with E-state index in [0.717, 1.165) is 11.0 Å². The minimum Gasteiger partial charge on any atom is -0.477 e. The molecule has 1 amide bonds. The molecule has 4 aromatic rings. The van der Waals surface area contributed by atoms with E-state index in [1.807, 2.05) is 0 Å². The molecule has 0 aliphatic heterocycles. The predicted molar refractivity (Wildman–Crippen MR) is 125 cm³/mol. The fourth-order valence-corrected chi connectivity index (χ4v) is 4.35. The molecule has 0 atom stereocenters. The number of fused-ring (bicyclic) bond motifs is 1. The van der Waals surface area contributed by atoms with Crippen molar-refractivity contribution in [2.75, 3.05) is 11.9 Å². The highest BCUT2D eigenvalue weighted by molar-refractivity contribution is 6.38. The van der Waals surface area contributed by atoms with E-state index in [2.05, 4.69) is 0 Å². The van der Waals surface area contributed by atoms with Crippen molar-refractivity contribution in [2.45, 2.75) is 6.18 Å². The van der Waals surface area contributed by atoms with Crippen molar-refractivity contribution in [1.82, 2.24) is 4.57 Å². The summed E-state index contributed by atoms with van der Waals surface area (Å²) in [5, 5.41) is 9.78. The number of anilines is 1. The standard InChI is InChI=1S/C25H18ClF3N2O3/c1-30(15-11-12-19-17(13-15)21(26)22(24(33)34)31(19)2)23(32)20-16(14-7-4-3-5-8-14)9-6-10-18(20)25(27,28)29/h3-13H,1-2H3,(H,33,34). The molecule has 1 heterocycles. The van der Waals surface area contributed by atoms with Gasteiger partial charge in [-0.1, -0.05) is 54.1 Å². The van der Waals surface area contributed by atoms with Gasteiger partial charge in [0.1, 0.15) is 5.69 Å². The number of aryl methyl sites for hydroxylation is 1. The molecule has 1 N–H and O–H groups in total. The molecule has 3 aromatic carbocycles. The highest BCUT2D eigenvalue weighted by Gasteiger charge is 2.37. The van der Waals surface area contributed by atoms with Crippen LogP contribution in [0, 0.1) is 0 Å². The number of carbonyl (C=O) groups is 2. The average Bonchev–Trinajstić information content (AvgIpc) is 3.07. The average molecular weight is 487 g/mol. The van der Waals surface area contributed by atoms with E-state index in [-0.39, 0.29) is 22.0 Å². The molecule has 0 radical (unpaired) electrons. The number of amides is 1. The molecule has 0 fully saturated rings. The number of benzene rings is 3. The number of hydrogen-bond acceptors (Lipinski definition) is 2. The fraction of sp³-hybridized carbons (Fsp3) is 0.120. The third kappa shape index (κ3) is 3.90. The Hall–Kier alpha value is -3.78. The summed E-state index contributed by atoms with van der Waals surface area (Å²) in [7, 11) is 2.90. The van der Waals surface area contributed by atoms with E-state index in [1.165, 1.54) is 42.9 Å². The molecule has 0 unspecified atom stereocenters. The van der Waals surface area contributed by atoms with Crippen LogP contribution in [0.25, 0.3) is 22.0 Å². The van der Waals surface area contributed by atoms with Crippen LogP contribution in [0.15, 0.2) is 66.7 Å². The van der Waals surface area contributed by atoms with E-state index in [4.69, 9.17) is 11.6 Å². The summed E-state index contributed by atoms with van der Waals surface area (Å²) in [5.74, 6) is -2.09. The molecule has 0 aliphatic carbocycles. The molecule has 34 heavy (non-hydrogen) atoms. The lowest BCUT2D eigenvalue weighted by molar-refractivity contribution is -0.137. The molecule has 5 nitrogen and oxygen atoms in total. The van der Waals surface area contributed by atoms with Crippen molar-refractivity contribution in [2.24, 2.45) is 7.05 Å². The minimum atomic E-state index is -4.75. The molecule has 9 heteroatoms. The first-order valence-corrected chi connectivity index (χ1v) is 10.4. The van der Waals surface area contributed by atoms with Crippen LogP contribution in [0.5, 0.6) is 0 Å². The van der Waals surface area contributed by atoms with Gasteiger partial charge in [0, 0.05) is 25.2 Å². The summed E-state index contributed by atoms with van der Waals surface area (Å²) in [6, 6.07) is 16.6. The van der Waals surface area contributed by atoms with E-state index in [0.29, 0.717) is 16.5 Å². The lowest BCUT2D eigenvalue weighted by atomic mass is 9.94. The molecular weight excluding hydrogens is 469 g/mol. The van der Waals surface area contributed by atoms with Gasteiger partial charge in [-0.25, -0.2) is 4.79 Å². The maximum absolute atomic E-state index is 13.9. The lowest BCUT2D eigenvalue weighted by Gasteiger charge is -2.23.